The summed E-state index contributed by atoms with van der Waals surface area (Å²) in [6.07, 6.45) is 3.14. The van der Waals surface area contributed by atoms with E-state index in [1.165, 1.54) is 7.11 Å². The molecule has 0 bridgehead atoms. The molecule has 1 aliphatic rings. The van der Waals surface area contributed by atoms with Gasteiger partial charge in [-0.2, -0.15) is 0 Å². The molecule has 17 heavy (non-hydrogen) atoms. The first-order valence-electron chi connectivity index (χ1n) is 6.18. The maximum absolute atomic E-state index is 11.6. The van der Waals surface area contributed by atoms with Gasteiger partial charge >= 0.3 is 5.97 Å². The quantitative estimate of drug-likeness (QED) is 0.487. The third-order valence-electron chi connectivity index (χ3n) is 3.04. The number of carbonyl (C=O) groups excluding carboxylic acids is 1. The molecule has 5 heteroatoms. The molecule has 0 spiro atoms. The molecule has 1 rings (SSSR count). The lowest BCUT2D eigenvalue weighted by Crippen LogP contribution is -2.46. The minimum atomic E-state index is -0.124. The van der Waals surface area contributed by atoms with Crippen molar-refractivity contribution >= 4 is 5.97 Å². The highest BCUT2D eigenvalue weighted by Crippen LogP contribution is 2.17. The molecule has 0 aromatic rings. The van der Waals surface area contributed by atoms with E-state index in [-0.39, 0.29) is 12.0 Å². The van der Waals surface area contributed by atoms with Crippen LogP contribution in [0.5, 0.6) is 0 Å². The molecule has 1 atom stereocenters. The predicted octanol–water partition coefficient (Wildman–Crippen LogP) is 0.677. The summed E-state index contributed by atoms with van der Waals surface area (Å²) in [7, 11) is 3.10. The number of nitrogens with zero attached hydrogens (tertiary/aromatic N) is 1. The minimum Gasteiger partial charge on any atom is -0.468 e. The maximum Gasteiger partial charge on any atom is 0.323 e. The fourth-order valence-corrected chi connectivity index (χ4v) is 2.09. The van der Waals surface area contributed by atoms with E-state index in [0.29, 0.717) is 19.8 Å². The van der Waals surface area contributed by atoms with Crippen molar-refractivity contribution in [3.05, 3.63) is 0 Å². The van der Waals surface area contributed by atoms with Crippen molar-refractivity contribution in [3.63, 3.8) is 0 Å². The van der Waals surface area contributed by atoms with Crippen LogP contribution in [-0.4, -0.2) is 64.0 Å². The number of hydrogen-bond donors (Lipinski definition) is 0. The van der Waals surface area contributed by atoms with Crippen molar-refractivity contribution in [2.45, 2.75) is 25.3 Å². The van der Waals surface area contributed by atoms with E-state index in [4.69, 9.17) is 14.2 Å². The zero-order valence-corrected chi connectivity index (χ0v) is 10.8. The van der Waals surface area contributed by atoms with Crippen molar-refractivity contribution in [1.29, 1.82) is 0 Å². The molecule has 0 aliphatic carbocycles. The van der Waals surface area contributed by atoms with Crippen LogP contribution in [-0.2, 0) is 19.0 Å². The Hall–Kier alpha value is -0.650. The smallest absolute Gasteiger partial charge is 0.323 e. The summed E-state index contributed by atoms with van der Waals surface area (Å²) < 4.78 is 15.1. The maximum atomic E-state index is 11.6. The molecular formula is C12H23NO4. The summed E-state index contributed by atoms with van der Waals surface area (Å²) in [4.78, 5) is 13.7. The van der Waals surface area contributed by atoms with Crippen LogP contribution in [0.15, 0.2) is 0 Å². The lowest BCUT2D eigenvalue weighted by molar-refractivity contribution is -0.148. The summed E-state index contributed by atoms with van der Waals surface area (Å²) in [5, 5.41) is 0. The molecule has 0 radical (unpaired) electrons. The summed E-state index contributed by atoms with van der Waals surface area (Å²) in [6.45, 7) is 3.58. The van der Waals surface area contributed by atoms with Gasteiger partial charge in [-0.15, -0.1) is 0 Å². The summed E-state index contributed by atoms with van der Waals surface area (Å²) in [5.74, 6) is -0.124. The van der Waals surface area contributed by atoms with E-state index in [2.05, 4.69) is 4.90 Å². The first-order chi connectivity index (χ1) is 8.29. The van der Waals surface area contributed by atoms with E-state index in [9.17, 15) is 4.79 Å². The molecule has 5 nitrogen and oxygen atoms in total. The largest absolute Gasteiger partial charge is 0.468 e. The number of ether oxygens (including phenoxy) is 3. The first-order valence-corrected chi connectivity index (χ1v) is 6.18. The van der Waals surface area contributed by atoms with Crippen molar-refractivity contribution in [1.82, 2.24) is 4.90 Å². The lowest BCUT2D eigenvalue weighted by Gasteiger charge is -2.33. The Balaban J connectivity index is 2.25. The van der Waals surface area contributed by atoms with Crippen LogP contribution in [0.2, 0.25) is 0 Å². The van der Waals surface area contributed by atoms with Gasteiger partial charge in [0.1, 0.15) is 6.04 Å². The van der Waals surface area contributed by atoms with Crippen LogP contribution in [0.1, 0.15) is 19.3 Å². The van der Waals surface area contributed by atoms with Gasteiger partial charge in [0.2, 0.25) is 0 Å². The number of esters is 1. The van der Waals surface area contributed by atoms with E-state index in [1.807, 2.05) is 0 Å². The second-order valence-electron chi connectivity index (χ2n) is 4.18. The fraction of sp³-hybridized carbons (Fsp3) is 0.917. The second-order valence-corrected chi connectivity index (χ2v) is 4.18. The third kappa shape index (κ3) is 5.02. The van der Waals surface area contributed by atoms with Crippen LogP contribution in [0.4, 0.5) is 0 Å². The summed E-state index contributed by atoms with van der Waals surface area (Å²) in [6, 6.07) is -0.0835. The number of methoxy groups -OCH3 is 2. The number of carbonyl (C=O) groups is 1. The van der Waals surface area contributed by atoms with Crippen molar-refractivity contribution in [3.8, 4) is 0 Å². The highest BCUT2D eigenvalue weighted by atomic mass is 16.5. The van der Waals surface area contributed by atoms with Crippen molar-refractivity contribution < 1.29 is 19.0 Å². The van der Waals surface area contributed by atoms with Gasteiger partial charge in [0.05, 0.1) is 26.9 Å². The molecule has 1 aliphatic heterocycles. The Morgan fingerprint density at radius 1 is 1.24 bits per heavy atom. The fourth-order valence-electron chi connectivity index (χ4n) is 2.09. The Labute approximate surface area is 103 Å². The van der Waals surface area contributed by atoms with Gasteiger partial charge in [-0.05, 0) is 19.4 Å². The van der Waals surface area contributed by atoms with Crippen molar-refractivity contribution in [2.75, 3.05) is 47.1 Å². The minimum absolute atomic E-state index is 0.0835. The summed E-state index contributed by atoms with van der Waals surface area (Å²) >= 11 is 0. The van der Waals surface area contributed by atoms with E-state index in [1.54, 1.807) is 7.11 Å². The average Bonchev–Trinajstić information content (AvgIpc) is 2.38. The van der Waals surface area contributed by atoms with Gasteiger partial charge in [-0.3, -0.25) is 9.69 Å². The monoisotopic (exact) mass is 245 g/mol. The zero-order valence-electron chi connectivity index (χ0n) is 10.8. The van der Waals surface area contributed by atoms with Gasteiger partial charge in [0, 0.05) is 13.7 Å². The lowest BCUT2D eigenvalue weighted by atomic mass is 10.0. The molecule has 0 amide bonds. The summed E-state index contributed by atoms with van der Waals surface area (Å²) in [5.41, 5.74) is 0. The van der Waals surface area contributed by atoms with Crippen LogP contribution >= 0.6 is 0 Å². The number of piperidine rings is 1. The molecular weight excluding hydrogens is 222 g/mol. The standard InChI is InChI=1S/C12H23NO4/c1-15-9-10-17-8-7-13-6-4-3-5-11(13)12(14)16-2/h11H,3-10H2,1-2H3. The van der Waals surface area contributed by atoms with Crippen molar-refractivity contribution in [2.24, 2.45) is 0 Å². The molecule has 0 aromatic carbocycles. The molecule has 1 unspecified atom stereocenters. The van der Waals surface area contributed by atoms with Gasteiger partial charge in [0.25, 0.3) is 0 Å². The number of likely N-dealkylation sites (tertiary alicyclic amines) is 1. The van der Waals surface area contributed by atoms with Gasteiger partial charge in [-0.1, -0.05) is 6.42 Å². The molecule has 1 saturated heterocycles. The highest BCUT2D eigenvalue weighted by Gasteiger charge is 2.28. The number of rotatable bonds is 7. The molecule has 0 saturated carbocycles. The molecule has 1 fully saturated rings. The Morgan fingerprint density at radius 2 is 2.06 bits per heavy atom. The van der Waals surface area contributed by atoms with Crippen LogP contribution in [0.25, 0.3) is 0 Å². The Kier molecular flexibility index (Phi) is 7.16. The Bertz CT molecular complexity index is 223. The molecule has 100 valence electrons. The zero-order chi connectivity index (χ0) is 12.5. The van der Waals surface area contributed by atoms with E-state index < -0.39 is 0 Å². The number of hydrogen-bond acceptors (Lipinski definition) is 5. The average molecular weight is 245 g/mol. The van der Waals surface area contributed by atoms with Gasteiger partial charge in [-0.25, -0.2) is 0 Å². The molecule has 1 heterocycles. The van der Waals surface area contributed by atoms with E-state index in [0.717, 1.165) is 32.4 Å². The molecule has 0 N–H and O–H groups in total. The normalized spacial score (nSPS) is 21.4. The van der Waals surface area contributed by atoms with Gasteiger partial charge in [0.15, 0.2) is 0 Å². The Morgan fingerprint density at radius 3 is 2.76 bits per heavy atom. The first kappa shape index (κ1) is 14.4. The predicted molar refractivity (Wildman–Crippen MR) is 63.9 cm³/mol. The third-order valence-corrected chi connectivity index (χ3v) is 3.04. The topological polar surface area (TPSA) is 48.0 Å². The molecule has 0 aromatic heterocycles. The van der Waals surface area contributed by atoms with Gasteiger partial charge < -0.3 is 14.2 Å². The second kappa shape index (κ2) is 8.44. The SMILES string of the molecule is COCCOCCN1CCCCC1C(=O)OC. The van der Waals surface area contributed by atoms with E-state index >= 15 is 0 Å². The van der Waals surface area contributed by atoms with Crippen LogP contribution < -0.4 is 0 Å². The highest BCUT2D eigenvalue weighted by molar-refractivity contribution is 5.75. The van der Waals surface area contributed by atoms with Crippen LogP contribution in [0, 0.1) is 0 Å². The van der Waals surface area contributed by atoms with Crippen LogP contribution in [0.3, 0.4) is 0 Å².